The first-order chi connectivity index (χ1) is 8.27. The first-order valence-electron chi connectivity index (χ1n) is 6.36. The molecule has 0 aromatic heterocycles. The number of nitrogens with zero attached hydrogens (tertiary/aromatic N) is 1. The van der Waals surface area contributed by atoms with Crippen LogP contribution < -0.4 is 5.73 Å². The van der Waals surface area contributed by atoms with Crippen LogP contribution in [0.4, 0.5) is 0 Å². The molecule has 1 heterocycles. The van der Waals surface area contributed by atoms with E-state index in [9.17, 15) is 4.79 Å². The van der Waals surface area contributed by atoms with Crippen LogP contribution in [0.25, 0.3) is 0 Å². The van der Waals surface area contributed by atoms with Gasteiger partial charge in [-0.15, -0.1) is 11.8 Å². The Balaban J connectivity index is 0.000000171. The van der Waals surface area contributed by atoms with Crippen LogP contribution in [0.15, 0.2) is 0 Å². The van der Waals surface area contributed by atoms with Crippen molar-refractivity contribution in [3.05, 3.63) is 0 Å². The van der Waals surface area contributed by atoms with E-state index in [1.807, 2.05) is 7.11 Å². The van der Waals surface area contributed by atoms with Crippen molar-refractivity contribution in [1.82, 2.24) is 4.90 Å². The zero-order valence-corrected chi connectivity index (χ0v) is 11.5. The third-order valence-corrected chi connectivity index (χ3v) is 4.13. The number of carbonyl (C=O) groups is 1. The summed E-state index contributed by atoms with van der Waals surface area (Å²) < 4.78 is 5.19. The molecule has 0 atom stereocenters. The normalized spacial score (nSPS) is 20.9. The zero-order chi connectivity index (χ0) is 12.5. The van der Waals surface area contributed by atoms with E-state index in [1.165, 1.54) is 32.1 Å². The second kappa shape index (κ2) is 8.78. The number of ether oxygens (including phenoxy) is 1. The van der Waals surface area contributed by atoms with Crippen molar-refractivity contribution >= 4 is 17.7 Å². The van der Waals surface area contributed by atoms with Crippen LogP contribution >= 0.6 is 11.8 Å². The highest BCUT2D eigenvalue weighted by atomic mass is 32.2. The summed E-state index contributed by atoms with van der Waals surface area (Å²) in [4.78, 5) is 12.6. The number of nitrogens with two attached hydrogens (primary N) is 1. The molecule has 2 aliphatic rings. The monoisotopic (exact) mass is 260 g/mol. The lowest BCUT2D eigenvalue weighted by Crippen LogP contribution is -2.33. The van der Waals surface area contributed by atoms with Gasteiger partial charge in [-0.2, -0.15) is 0 Å². The van der Waals surface area contributed by atoms with Gasteiger partial charge in [0, 0.05) is 19.4 Å². The van der Waals surface area contributed by atoms with Crippen molar-refractivity contribution in [1.29, 1.82) is 0 Å². The van der Waals surface area contributed by atoms with E-state index in [2.05, 4.69) is 0 Å². The largest absolute Gasteiger partial charge is 0.381 e. The quantitative estimate of drug-likeness (QED) is 0.816. The Kier molecular flexibility index (Phi) is 7.64. The smallest absolute Gasteiger partial charge is 0.237 e. The fourth-order valence-corrected chi connectivity index (χ4v) is 3.01. The predicted molar refractivity (Wildman–Crippen MR) is 72.0 cm³/mol. The molecule has 0 radical (unpaired) electrons. The van der Waals surface area contributed by atoms with E-state index in [0.717, 1.165) is 18.2 Å². The van der Waals surface area contributed by atoms with Gasteiger partial charge < -0.3 is 15.4 Å². The van der Waals surface area contributed by atoms with Crippen LogP contribution in [0.1, 0.15) is 32.1 Å². The number of hydrogen-bond acceptors (Lipinski definition) is 4. The zero-order valence-electron chi connectivity index (χ0n) is 10.7. The highest BCUT2D eigenvalue weighted by molar-refractivity contribution is 7.99. The predicted octanol–water partition coefficient (Wildman–Crippen LogP) is 1.44. The van der Waals surface area contributed by atoms with E-state index < -0.39 is 0 Å². The fraction of sp³-hybridized carbons (Fsp3) is 0.917. The van der Waals surface area contributed by atoms with Gasteiger partial charge in [-0.25, -0.2) is 0 Å². The van der Waals surface area contributed by atoms with Crippen molar-refractivity contribution < 1.29 is 9.53 Å². The number of thioether (sulfide) groups is 1. The Bertz CT molecular complexity index is 215. The summed E-state index contributed by atoms with van der Waals surface area (Å²) in [5, 5.41) is 0. The van der Waals surface area contributed by atoms with Gasteiger partial charge in [0.05, 0.1) is 18.5 Å². The average Bonchev–Trinajstić information content (AvgIpc) is 2.93. The maximum absolute atomic E-state index is 10.8. The minimum Gasteiger partial charge on any atom is -0.381 e. The van der Waals surface area contributed by atoms with E-state index in [0.29, 0.717) is 6.10 Å². The third kappa shape index (κ3) is 5.75. The Morgan fingerprint density at radius 3 is 2.53 bits per heavy atom. The van der Waals surface area contributed by atoms with Crippen molar-refractivity contribution in [3.8, 4) is 0 Å². The third-order valence-electron chi connectivity index (χ3n) is 3.17. The van der Waals surface area contributed by atoms with Crippen LogP contribution in [0.2, 0.25) is 0 Å². The van der Waals surface area contributed by atoms with Crippen LogP contribution in [-0.2, 0) is 9.53 Å². The van der Waals surface area contributed by atoms with E-state index in [-0.39, 0.29) is 12.5 Å². The average molecular weight is 260 g/mol. The Morgan fingerprint density at radius 1 is 1.41 bits per heavy atom. The van der Waals surface area contributed by atoms with Crippen molar-refractivity contribution in [2.24, 2.45) is 5.73 Å². The molecule has 1 amide bonds. The molecule has 1 saturated carbocycles. The van der Waals surface area contributed by atoms with Gasteiger partial charge in [-0.3, -0.25) is 4.79 Å². The van der Waals surface area contributed by atoms with Crippen LogP contribution in [0, 0.1) is 0 Å². The SMILES string of the molecule is COC1CCCCC1.NCC(=O)N1CCSC1. The Hall–Kier alpha value is -0.260. The van der Waals surface area contributed by atoms with E-state index in [4.69, 9.17) is 10.5 Å². The molecule has 2 fully saturated rings. The number of hydrogen-bond donors (Lipinski definition) is 1. The standard InChI is InChI=1S/C7H14O.C5H10N2OS/c1-8-7-5-3-2-4-6-7;6-3-5(8)7-1-2-9-4-7/h7H,2-6H2,1H3;1-4,6H2. The fourth-order valence-electron chi connectivity index (χ4n) is 2.04. The van der Waals surface area contributed by atoms with Crippen LogP contribution in [0.3, 0.4) is 0 Å². The van der Waals surface area contributed by atoms with Crippen LogP contribution in [0.5, 0.6) is 0 Å². The van der Waals surface area contributed by atoms with E-state index in [1.54, 1.807) is 16.7 Å². The molecule has 2 rings (SSSR count). The van der Waals surface area contributed by atoms with Gasteiger partial charge in [0.1, 0.15) is 0 Å². The first kappa shape index (κ1) is 14.8. The molecule has 17 heavy (non-hydrogen) atoms. The molecule has 0 spiro atoms. The molecular formula is C12H24N2O2S. The Morgan fingerprint density at radius 2 is 2.12 bits per heavy atom. The van der Waals surface area contributed by atoms with Gasteiger partial charge in [0.15, 0.2) is 0 Å². The molecule has 4 nitrogen and oxygen atoms in total. The van der Waals surface area contributed by atoms with Crippen molar-refractivity contribution in [2.45, 2.75) is 38.2 Å². The van der Waals surface area contributed by atoms with Gasteiger partial charge >= 0.3 is 0 Å². The molecular weight excluding hydrogens is 236 g/mol. The van der Waals surface area contributed by atoms with Gasteiger partial charge in [-0.1, -0.05) is 19.3 Å². The summed E-state index contributed by atoms with van der Waals surface area (Å²) in [5.74, 6) is 1.96. The van der Waals surface area contributed by atoms with Crippen molar-refractivity contribution in [2.75, 3.05) is 31.8 Å². The minimum absolute atomic E-state index is 0.0694. The molecule has 0 unspecified atom stereocenters. The Labute approximate surface area is 108 Å². The molecule has 0 bridgehead atoms. The van der Waals surface area contributed by atoms with Gasteiger partial charge in [-0.05, 0) is 12.8 Å². The molecule has 0 aromatic rings. The van der Waals surface area contributed by atoms with Gasteiger partial charge in [0.2, 0.25) is 5.91 Å². The number of rotatable bonds is 2. The summed E-state index contributed by atoms with van der Waals surface area (Å²) in [5.41, 5.74) is 5.15. The lowest BCUT2D eigenvalue weighted by atomic mass is 9.98. The highest BCUT2D eigenvalue weighted by Crippen LogP contribution is 2.19. The molecule has 1 aliphatic carbocycles. The lowest BCUT2D eigenvalue weighted by molar-refractivity contribution is -0.128. The number of amides is 1. The van der Waals surface area contributed by atoms with E-state index >= 15 is 0 Å². The number of methoxy groups -OCH3 is 1. The lowest BCUT2D eigenvalue weighted by Gasteiger charge is -2.19. The summed E-state index contributed by atoms with van der Waals surface area (Å²) >= 11 is 1.78. The maximum Gasteiger partial charge on any atom is 0.237 e. The molecule has 0 aromatic carbocycles. The topological polar surface area (TPSA) is 55.6 Å². The van der Waals surface area contributed by atoms with Crippen LogP contribution in [-0.4, -0.2) is 48.7 Å². The highest BCUT2D eigenvalue weighted by Gasteiger charge is 2.15. The number of carbonyl (C=O) groups excluding carboxylic acids is 1. The summed E-state index contributed by atoms with van der Waals surface area (Å²) in [7, 11) is 1.82. The second-order valence-corrected chi connectivity index (χ2v) is 5.47. The summed E-state index contributed by atoms with van der Waals surface area (Å²) in [6, 6.07) is 0. The maximum atomic E-state index is 10.8. The molecule has 5 heteroatoms. The molecule has 100 valence electrons. The molecule has 1 saturated heterocycles. The summed E-state index contributed by atoms with van der Waals surface area (Å²) in [6.07, 6.45) is 7.33. The summed E-state index contributed by atoms with van der Waals surface area (Å²) in [6.45, 7) is 1.03. The minimum atomic E-state index is 0.0694. The first-order valence-corrected chi connectivity index (χ1v) is 7.51. The van der Waals surface area contributed by atoms with Gasteiger partial charge in [0.25, 0.3) is 0 Å². The van der Waals surface area contributed by atoms with Crippen molar-refractivity contribution in [3.63, 3.8) is 0 Å². The molecule has 2 N–H and O–H groups in total. The second-order valence-electron chi connectivity index (χ2n) is 4.39. The molecule has 1 aliphatic heterocycles.